The topological polar surface area (TPSA) is 49.6 Å². The number of carbonyl (C=O) groups is 1. The molecule has 1 saturated heterocycles. The van der Waals surface area contributed by atoms with Gasteiger partial charge in [0.25, 0.3) is 0 Å². The maximum absolute atomic E-state index is 12.5. The summed E-state index contributed by atoms with van der Waals surface area (Å²) in [6, 6.07) is 1.02. The fourth-order valence-electron chi connectivity index (χ4n) is 3.31. The number of piperidine rings is 1. The Bertz CT molecular complexity index is 309. The van der Waals surface area contributed by atoms with Gasteiger partial charge in [0.05, 0.1) is 0 Å². The van der Waals surface area contributed by atoms with Crippen LogP contribution < -0.4 is 5.73 Å². The first-order valence-corrected chi connectivity index (χ1v) is 8.54. The summed E-state index contributed by atoms with van der Waals surface area (Å²) in [5.74, 6) is 1.20. The van der Waals surface area contributed by atoms with Crippen LogP contribution in [0.3, 0.4) is 0 Å². The second-order valence-corrected chi connectivity index (χ2v) is 7.30. The van der Waals surface area contributed by atoms with Gasteiger partial charge in [-0.1, -0.05) is 13.8 Å². The van der Waals surface area contributed by atoms with E-state index >= 15 is 0 Å². The van der Waals surface area contributed by atoms with E-state index in [0.29, 0.717) is 36.9 Å². The van der Waals surface area contributed by atoms with Crippen molar-refractivity contribution >= 4 is 5.91 Å². The first-order valence-electron chi connectivity index (χ1n) is 8.54. The number of likely N-dealkylation sites (tertiary alicyclic amines) is 1. The molecule has 0 aromatic rings. The smallest absolute Gasteiger partial charge is 0.222 e. The fraction of sp³-hybridized carbons (Fsp3) is 0.941. The first-order chi connectivity index (χ1) is 9.85. The lowest BCUT2D eigenvalue weighted by Crippen LogP contribution is -2.47. The van der Waals surface area contributed by atoms with Crippen molar-refractivity contribution in [2.24, 2.45) is 17.6 Å². The van der Waals surface area contributed by atoms with E-state index < -0.39 is 0 Å². The van der Waals surface area contributed by atoms with E-state index in [0.717, 1.165) is 32.4 Å². The average molecular weight is 297 g/mol. The van der Waals surface area contributed by atoms with E-state index in [9.17, 15) is 4.79 Å². The molecule has 4 nitrogen and oxygen atoms in total. The van der Waals surface area contributed by atoms with Crippen LogP contribution in [0.2, 0.25) is 0 Å². The predicted molar refractivity (Wildman–Crippen MR) is 89.1 cm³/mol. The van der Waals surface area contributed by atoms with Gasteiger partial charge in [0.15, 0.2) is 0 Å². The standard InChI is InChI=1S/C17H35N3O/c1-13(2)10-15(12-18)11-17(21)19(5)16-6-8-20(9-7-16)14(3)4/h13-16H,6-12,18H2,1-5H3/t15-/m0/s1. The number of hydrogen-bond donors (Lipinski definition) is 1. The summed E-state index contributed by atoms with van der Waals surface area (Å²) in [5, 5.41) is 0. The fourth-order valence-corrected chi connectivity index (χ4v) is 3.31. The second kappa shape index (κ2) is 8.74. The number of amides is 1. The molecule has 1 rings (SSSR count). The molecule has 0 aromatic heterocycles. The summed E-state index contributed by atoms with van der Waals surface area (Å²) in [7, 11) is 1.97. The molecule has 0 bridgehead atoms. The summed E-state index contributed by atoms with van der Waals surface area (Å²) in [4.78, 5) is 16.9. The van der Waals surface area contributed by atoms with Gasteiger partial charge in [-0.2, -0.15) is 0 Å². The largest absolute Gasteiger partial charge is 0.343 e. The molecule has 0 aliphatic carbocycles. The minimum Gasteiger partial charge on any atom is -0.343 e. The Balaban J connectivity index is 2.44. The number of nitrogens with zero attached hydrogens (tertiary/aromatic N) is 2. The van der Waals surface area contributed by atoms with Gasteiger partial charge in [-0.15, -0.1) is 0 Å². The molecule has 2 N–H and O–H groups in total. The summed E-state index contributed by atoms with van der Waals surface area (Å²) >= 11 is 0. The van der Waals surface area contributed by atoms with Crippen molar-refractivity contribution in [2.45, 2.75) is 65.5 Å². The van der Waals surface area contributed by atoms with Gasteiger partial charge in [-0.05, 0) is 51.5 Å². The summed E-state index contributed by atoms with van der Waals surface area (Å²) in [6.07, 6.45) is 3.84. The summed E-state index contributed by atoms with van der Waals surface area (Å²) in [5.41, 5.74) is 5.82. The highest BCUT2D eigenvalue weighted by Crippen LogP contribution is 2.20. The molecule has 21 heavy (non-hydrogen) atoms. The number of carbonyl (C=O) groups excluding carboxylic acids is 1. The third-order valence-electron chi connectivity index (χ3n) is 4.77. The van der Waals surface area contributed by atoms with E-state index in [4.69, 9.17) is 5.73 Å². The monoisotopic (exact) mass is 297 g/mol. The lowest BCUT2D eigenvalue weighted by Gasteiger charge is -2.39. The van der Waals surface area contributed by atoms with Crippen LogP contribution in [-0.2, 0) is 4.79 Å². The molecule has 0 aromatic carbocycles. The molecule has 1 aliphatic rings. The van der Waals surface area contributed by atoms with E-state index in [-0.39, 0.29) is 5.91 Å². The van der Waals surface area contributed by atoms with Gasteiger partial charge in [-0.25, -0.2) is 0 Å². The molecule has 0 spiro atoms. The van der Waals surface area contributed by atoms with E-state index in [2.05, 4.69) is 32.6 Å². The highest BCUT2D eigenvalue weighted by Gasteiger charge is 2.27. The zero-order valence-corrected chi connectivity index (χ0v) is 14.6. The van der Waals surface area contributed by atoms with Crippen molar-refractivity contribution in [3.8, 4) is 0 Å². The van der Waals surface area contributed by atoms with Crippen LogP contribution in [-0.4, -0.2) is 54.5 Å². The molecular formula is C17H35N3O. The molecule has 1 amide bonds. The van der Waals surface area contributed by atoms with Gasteiger partial charge >= 0.3 is 0 Å². The predicted octanol–water partition coefficient (Wildman–Crippen LogP) is 2.33. The van der Waals surface area contributed by atoms with Crippen molar-refractivity contribution in [1.29, 1.82) is 0 Å². The highest BCUT2D eigenvalue weighted by atomic mass is 16.2. The van der Waals surface area contributed by atoms with Crippen LogP contribution in [0.25, 0.3) is 0 Å². The Morgan fingerprint density at radius 3 is 2.24 bits per heavy atom. The molecule has 1 heterocycles. The first kappa shape index (κ1) is 18.4. The Morgan fingerprint density at radius 1 is 1.24 bits per heavy atom. The Labute approximate surface area is 131 Å². The van der Waals surface area contributed by atoms with Crippen LogP contribution in [0.4, 0.5) is 0 Å². The number of nitrogens with two attached hydrogens (primary N) is 1. The van der Waals surface area contributed by atoms with Crippen molar-refractivity contribution in [2.75, 3.05) is 26.7 Å². The van der Waals surface area contributed by atoms with Gasteiger partial charge in [0.2, 0.25) is 5.91 Å². The highest BCUT2D eigenvalue weighted by molar-refractivity contribution is 5.76. The quantitative estimate of drug-likeness (QED) is 0.784. The Morgan fingerprint density at radius 2 is 1.81 bits per heavy atom. The summed E-state index contributed by atoms with van der Waals surface area (Å²) in [6.45, 7) is 11.7. The van der Waals surface area contributed by atoms with Crippen molar-refractivity contribution in [3.63, 3.8) is 0 Å². The molecule has 1 atom stereocenters. The van der Waals surface area contributed by atoms with Gasteiger partial charge in [-0.3, -0.25) is 4.79 Å². The number of hydrogen-bond acceptors (Lipinski definition) is 3. The van der Waals surface area contributed by atoms with E-state index in [1.54, 1.807) is 0 Å². The minimum atomic E-state index is 0.272. The maximum Gasteiger partial charge on any atom is 0.222 e. The zero-order valence-electron chi connectivity index (χ0n) is 14.6. The zero-order chi connectivity index (χ0) is 16.0. The van der Waals surface area contributed by atoms with Crippen LogP contribution in [0.15, 0.2) is 0 Å². The van der Waals surface area contributed by atoms with Crippen molar-refractivity contribution in [1.82, 2.24) is 9.80 Å². The molecular weight excluding hydrogens is 262 g/mol. The third kappa shape index (κ3) is 5.95. The molecule has 0 unspecified atom stereocenters. The SMILES string of the molecule is CC(C)C[C@H](CN)CC(=O)N(C)C1CCN(C(C)C)CC1. The van der Waals surface area contributed by atoms with E-state index in [1.165, 1.54) is 0 Å². The van der Waals surface area contributed by atoms with Crippen LogP contribution in [0, 0.1) is 11.8 Å². The van der Waals surface area contributed by atoms with Gasteiger partial charge < -0.3 is 15.5 Å². The normalized spacial score (nSPS) is 19.2. The lowest BCUT2D eigenvalue weighted by molar-refractivity contribution is -0.134. The van der Waals surface area contributed by atoms with Crippen LogP contribution in [0.1, 0.15) is 53.4 Å². The second-order valence-electron chi connectivity index (χ2n) is 7.30. The van der Waals surface area contributed by atoms with Crippen molar-refractivity contribution in [3.05, 3.63) is 0 Å². The van der Waals surface area contributed by atoms with Gasteiger partial charge in [0, 0.05) is 38.6 Å². The van der Waals surface area contributed by atoms with Gasteiger partial charge in [0.1, 0.15) is 0 Å². The summed E-state index contributed by atoms with van der Waals surface area (Å²) < 4.78 is 0. The van der Waals surface area contributed by atoms with E-state index in [1.807, 2.05) is 11.9 Å². The third-order valence-corrected chi connectivity index (χ3v) is 4.77. The Kier molecular flexibility index (Phi) is 7.67. The molecule has 0 saturated carbocycles. The lowest BCUT2D eigenvalue weighted by atomic mass is 9.93. The molecule has 4 heteroatoms. The molecule has 1 aliphatic heterocycles. The van der Waals surface area contributed by atoms with Crippen LogP contribution >= 0.6 is 0 Å². The Hall–Kier alpha value is -0.610. The maximum atomic E-state index is 12.5. The molecule has 0 radical (unpaired) electrons. The molecule has 1 fully saturated rings. The number of rotatable bonds is 7. The average Bonchev–Trinajstić information content (AvgIpc) is 2.45. The minimum absolute atomic E-state index is 0.272. The molecule has 124 valence electrons. The van der Waals surface area contributed by atoms with Crippen molar-refractivity contribution < 1.29 is 4.79 Å². The van der Waals surface area contributed by atoms with Crippen LogP contribution in [0.5, 0.6) is 0 Å².